The highest BCUT2D eigenvalue weighted by Crippen LogP contribution is 2.29. The van der Waals surface area contributed by atoms with E-state index in [4.69, 9.17) is 9.47 Å². The van der Waals surface area contributed by atoms with Gasteiger partial charge in [-0.25, -0.2) is 0 Å². The summed E-state index contributed by atoms with van der Waals surface area (Å²) < 4.78 is 10.9. The normalized spacial score (nSPS) is 17.8. The number of carbonyl (C=O) groups is 1. The molecule has 2 aliphatic rings. The highest BCUT2D eigenvalue weighted by Gasteiger charge is 2.31. The van der Waals surface area contributed by atoms with E-state index in [0.717, 1.165) is 75.7 Å². The van der Waals surface area contributed by atoms with Crippen LogP contribution in [0.2, 0.25) is 0 Å². The first-order chi connectivity index (χ1) is 16.0. The number of carbonyl (C=O) groups excluding carboxylic acids is 1. The van der Waals surface area contributed by atoms with Gasteiger partial charge >= 0.3 is 0 Å². The van der Waals surface area contributed by atoms with E-state index in [2.05, 4.69) is 52.8 Å². The quantitative estimate of drug-likeness (QED) is 0.667. The van der Waals surface area contributed by atoms with Gasteiger partial charge < -0.3 is 19.3 Å². The molecule has 2 aromatic carbocycles. The van der Waals surface area contributed by atoms with E-state index in [1.54, 1.807) is 14.2 Å². The lowest BCUT2D eigenvalue weighted by Gasteiger charge is -2.40. The molecule has 2 heterocycles. The van der Waals surface area contributed by atoms with Crippen molar-refractivity contribution in [2.24, 2.45) is 5.92 Å². The molecule has 1 amide bonds. The Kier molecular flexibility index (Phi) is 7.43. The van der Waals surface area contributed by atoms with Crippen LogP contribution in [0.15, 0.2) is 36.4 Å². The van der Waals surface area contributed by atoms with E-state index in [-0.39, 0.29) is 5.92 Å². The third kappa shape index (κ3) is 5.27. The van der Waals surface area contributed by atoms with E-state index in [1.165, 1.54) is 16.8 Å². The molecule has 6 nitrogen and oxygen atoms in total. The van der Waals surface area contributed by atoms with Gasteiger partial charge in [-0.05, 0) is 63.0 Å². The van der Waals surface area contributed by atoms with Crippen LogP contribution in [-0.2, 0) is 11.3 Å². The Labute approximate surface area is 198 Å². The minimum atomic E-state index is 0.145. The van der Waals surface area contributed by atoms with Gasteiger partial charge in [0.2, 0.25) is 5.91 Å². The average Bonchev–Trinajstić information content (AvgIpc) is 2.86. The van der Waals surface area contributed by atoms with Crippen LogP contribution >= 0.6 is 0 Å². The maximum absolute atomic E-state index is 13.2. The fraction of sp³-hybridized carbons (Fsp3) is 0.519. The van der Waals surface area contributed by atoms with Gasteiger partial charge in [-0.3, -0.25) is 9.69 Å². The Morgan fingerprint density at radius 2 is 1.67 bits per heavy atom. The van der Waals surface area contributed by atoms with Crippen molar-refractivity contribution in [3.8, 4) is 11.5 Å². The largest absolute Gasteiger partial charge is 0.497 e. The summed E-state index contributed by atoms with van der Waals surface area (Å²) in [6.07, 6.45) is 1.85. The number of nitrogens with zero attached hydrogens (tertiary/aromatic N) is 3. The van der Waals surface area contributed by atoms with Crippen molar-refractivity contribution in [3.05, 3.63) is 53.1 Å². The third-order valence-electron chi connectivity index (χ3n) is 7.33. The van der Waals surface area contributed by atoms with Gasteiger partial charge in [-0.2, -0.15) is 0 Å². The van der Waals surface area contributed by atoms with Crippen molar-refractivity contribution in [2.75, 3.05) is 58.4 Å². The van der Waals surface area contributed by atoms with Crippen LogP contribution in [0.1, 0.15) is 29.5 Å². The lowest BCUT2D eigenvalue weighted by atomic mass is 9.94. The minimum Gasteiger partial charge on any atom is -0.497 e. The number of methoxy groups -OCH3 is 2. The van der Waals surface area contributed by atoms with Gasteiger partial charge in [0.05, 0.1) is 14.2 Å². The first kappa shape index (κ1) is 23.4. The third-order valence-corrected chi connectivity index (χ3v) is 7.33. The molecule has 2 aromatic rings. The molecule has 2 fully saturated rings. The van der Waals surface area contributed by atoms with Gasteiger partial charge in [-0.1, -0.05) is 18.2 Å². The van der Waals surface area contributed by atoms with Crippen molar-refractivity contribution in [1.82, 2.24) is 9.80 Å². The summed E-state index contributed by atoms with van der Waals surface area (Å²) in [5, 5.41) is 0. The van der Waals surface area contributed by atoms with Gasteiger partial charge in [0.25, 0.3) is 0 Å². The maximum atomic E-state index is 13.2. The SMILES string of the molecule is COc1ccc(CN2CCC(C(=O)N3CCN(c4cccc(C)c4C)CC3)CC2)c(OC)c1. The van der Waals surface area contributed by atoms with E-state index >= 15 is 0 Å². The molecule has 6 heteroatoms. The number of amides is 1. The van der Waals surface area contributed by atoms with Crippen molar-refractivity contribution in [3.63, 3.8) is 0 Å². The Morgan fingerprint density at radius 1 is 0.939 bits per heavy atom. The summed E-state index contributed by atoms with van der Waals surface area (Å²) in [6.45, 7) is 10.5. The fourth-order valence-electron chi connectivity index (χ4n) is 5.07. The molecule has 2 saturated heterocycles. The molecule has 0 atom stereocenters. The number of rotatable bonds is 6. The summed E-state index contributed by atoms with van der Waals surface area (Å²) in [5.41, 5.74) is 5.14. The minimum absolute atomic E-state index is 0.145. The Morgan fingerprint density at radius 3 is 2.33 bits per heavy atom. The van der Waals surface area contributed by atoms with Crippen LogP contribution in [0.4, 0.5) is 5.69 Å². The van der Waals surface area contributed by atoms with Gasteiger partial charge in [0.15, 0.2) is 0 Å². The zero-order valence-corrected chi connectivity index (χ0v) is 20.5. The second kappa shape index (κ2) is 10.5. The number of likely N-dealkylation sites (tertiary alicyclic amines) is 1. The molecule has 0 aromatic heterocycles. The number of anilines is 1. The fourth-order valence-corrected chi connectivity index (χ4v) is 5.07. The van der Waals surface area contributed by atoms with Gasteiger partial charge in [-0.15, -0.1) is 0 Å². The first-order valence-electron chi connectivity index (χ1n) is 12.0. The topological polar surface area (TPSA) is 45.2 Å². The van der Waals surface area contributed by atoms with Crippen molar-refractivity contribution >= 4 is 11.6 Å². The highest BCUT2D eigenvalue weighted by atomic mass is 16.5. The zero-order chi connectivity index (χ0) is 23.4. The van der Waals surface area contributed by atoms with Crippen LogP contribution in [0.25, 0.3) is 0 Å². The second-order valence-corrected chi connectivity index (χ2v) is 9.26. The van der Waals surface area contributed by atoms with E-state index in [0.29, 0.717) is 5.91 Å². The lowest BCUT2D eigenvalue weighted by Crippen LogP contribution is -2.51. The summed E-state index contributed by atoms with van der Waals surface area (Å²) in [4.78, 5) is 20.2. The molecule has 0 radical (unpaired) electrons. The first-order valence-corrected chi connectivity index (χ1v) is 12.0. The molecule has 2 aliphatic heterocycles. The number of hydrogen-bond acceptors (Lipinski definition) is 5. The molecular formula is C27H37N3O3. The van der Waals surface area contributed by atoms with Crippen LogP contribution in [0.5, 0.6) is 11.5 Å². The summed E-state index contributed by atoms with van der Waals surface area (Å²) >= 11 is 0. The van der Waals surface area contributed by atoms with Crippen molar-refractivity contribution in [1.29, 1.82) is 0 Å². The molecular weight excluding hydrogens is 414 g/mol. The summed E-state index contributed by atoms with van der Waals surface area (Å²) in [7, 11) is 3.36. The number of aryl methyl sites for hydroxylation is 1. The predicted octanol–water partition coefficient (Wildman–Crippen LogP) is 3.88. The maximum Gasteiger partial charge on any atom is 0.225 e. The number of piperazine rings is 1. The number of ether oxygens (including phenoxy) is 2. The molecule has 0 saturated carbocycles. The van der Waals surface area contributed by atoms with Crippen molar-refractivity contribution < 1.29 is 14.3 Å². The molecule has 33 heavy (non-hydrogen) atoms. The summed E-state index contributed by atoms with van der Waals surface area (Å²) in [5.74, 6) is 2.15. The van der Waals surface area contributed by atoms with Crippen LogP contribution < -0.4 is 14.4 Å². The smallest absolute Gasteiger partial charge is 0.225 e. The molecule has 0 spiro atoms. The number of hydrogen-bond donors (Lipinski definition) is 0. The molecule has 0 bridgehead atoms. The number of benzene rings is 2. The van der Waals surface area contributed by atoms with E-state index in [1.807, 2.05) is 12.1 Å². The van der Waals surface area contributed by atoms with Crippen LogP contribution in [-0.4, -0.2) is 69.2 Å². The van der Waals surface area contributed by atoms with Crippen molar-refractivity contribution in [2.45, 2.75) is 33.2 Å². The Balaban J connectivity index is 1.27. The Bertz CT molecular complexity index is 961. The number of piperidine rings is 1. The average molecular weight is 452 g/mol. The predicted molar refractivity (Wildman–Crippen MR) is 132 cm³/mol. The molecule has 0 N–H and O–H groups in total. The monoisotopic (exact) mass is 451 g/mol. The second-order valence-electron chi connectivity index (χ2n) is 9.26. The molecule has 0 unspecified atom stereocenters. The van der Waals surface area contributed by atoms with E-state index in [9.17, 15) is 4.79 Å². The van der Waals surface area contributed by atoms with Crippen LogP contribution in [0.3, 0.4) is 0 Å². The zero-order valence-electron chi connectivity index (χ0n) is 20.5. The standard InChI is InChI=1S/C27H37N3O3/c1-20-6-5-7-25(21(20)2)29-14-16-30(17-15-29)27(31)22-10-12-28(13-11-22)19-23-8-9-24(32-3)18-26(23)33-4/h5-9,18,22H,10-17,19H2,1-4H3. The van der Waals surface area contributed by atoms with Gasteiger partial charge in [0.1, 0.15) is 11.5 Å². The molecule has 4 rings (SSSR count). The van der Waals surface area contributed by atoms with Crippen LogP contribution in [0, 0.1) is 19.8 Å². The lowest BCUT2D eigenvalue weighted by molar-refractivity contribution is -0.137. The molecule has 0 aliphatic carbocycles. The molecule has 178 valence electrons. The van der Waals surface area contributed by atoms with E-state index < -0.39 is 0 Å². The highest BCUT2D eigenvalue weighted by molar-refractivity contribution is 5.79. The summed E-state index contributed by atoms with van der Waals surface area (Å²) in [6, 6.07) is 12.5. The Hall–Kier alpha value is -2.73. The van der Waals surface area contributed by atoms with Gasteiger partial charge in [0, 0.05) is 56.0 Å².